The van der Waals surface area contributed by atoms with E-state index in [-0.39, 0.29) is 5.38 Å². The van der Waals surface area contributed by atoms with Crippen molar-refractivity contribution < 1.29 is 8.42 Å². The minimum atomic E-state index is -3.24. The van der Waals surface area contributed by atoms with Crippen LogP contribution in [0.15, 0.2) is 0 Å². The van der Waals surface area contributed by atoms with E-state index in [2.05, 4.69) is 0 Å². The van der Waals surface area contributed by atoms with Crippen molar-refractivity contribution in [1.82, 2.24) is 8.61 Å². The topological polar surface area (TPSA) is 40.6 Å². The second kappa shape index (κ2) is 5.21. The second-order valence-electron chi connectivity index (χ2n) is 4.57. The maximum absolute atomic E-state index is 12.3. The van der Waals surface area contributed by atoms with Crippen molar-refractivity contribution in [2.45, 2.75) is 37.5 Å². The third-order valence-electron chi connectivity index (χ3n) is 3.31. The summed E-state index contributed by atoms with van der Waals surface area (Å²) in [6, 6.07) is 0. The molecule has 2 saturated heterocycles. The van der Waals surface area contributed by atoms with E-state index >= 15 is 0 Å². The zero-order chi connectivity index (χ0) is 11.6. The Morgan fingerprint density at radius 2 is 1.56 bits per heavy atom. The van der Waals surface area contributed by atoms with Crippen molar-refractivity contribution >= 4 is 21.8 Å². The summed E-state index contributed by atoms with van der Waals surface area (Å²) in [6.45, 7) is 2.39. The lowest BCUT2D eigenvalue weighted by Crippen LogP contribution is -2.43. The minimum Gasteiger partial charge on any atom is -0.195 e. The molecule has 0 spiro atoms. The monoisotopic (exact) mass is 266 g/mol. The number of halogens is 1. The van der Waals surface area contributed by atoms with Gasteiger partial charge in [-0.25, -0.2) is 0 Å². The van der Waals surface area contributed by atoms with E-state index in [9.17, 15) is 8.42 Å². The van der Waals surface area contributed by atoms with Gasteiger partial charge in [0.2, 0.25) is 0 Å². The molecule has 2 aliphatic heterocycles. The summed E-state index contributed by atoms with van der Waals surface area (Å²) in [5.74, 6) is 0. The first kappa shape index (κ1) is 12.6. The van der Waals surface area contributed by atoms with Gasteiger partial charge in [-0.1, -0.05) is 12.8 Å². The van der Waals surface area contributed by atoms with Gasteiger partial charge in [-0.15, -0.1) is 11.6 Å². The molecule has 6 heteroatoms. The number of alkyl halides is 1. The fourth-order valence-corrected chi connectivity index (χ4v) is 4.43. The molecule has 0 aliphatic carbocycles. The van der Waals surface area contributed by atoms with Crippen molar-refractivity contribution in [2.75, 3.05) is 26.2 Å². The molecule has 1 atom stereocenters. The van der Waals surface area contributed by atoms with E-state index < -0.39 is 10.2 Å². The van der Waals surface area contributed by atoms with Gasteiger partial charge >= 0.3 is 0 Å². The van der Waals surface area contributed by atoms with Crippen LogP contribution in [0.3, 0.4) is 0 Å². The van der Waals surface area contributed by atoms with Gasteiger partial charge in [-0.05, 0) is 19.3 Å². The number of hydrogen-bond donors (Lipinski definition) is 0. The highest BCUT2D eigenvalue weighted by atomic mass is 35.5. The van der Waals surface area contributed by atoms with Crippen molar-refractivity contribution in [3.05, 3.63) is 0 Å². The highest BCUT2D eigenvalue weighted by Gasteiger charge is 2.34. The first-order valence-corrected chi connectivity index (χ1v) is 7.83. The highest BCUT2D eigenvalue weighted by Crippen LogP contribution is 2.22. The molecule has 0 bridgehead atoms. The quantitative estimate of drug-likeness (QED) is 0.710. The smallest absolute Gasteiger partial charge is 0.195 e. The van der Waals surface area contributed by atoms with Crippen LogP contribution < -0.4 is 0 Å². The molecule has 1 unspecified atom stereocenters. The summed E-state index contributed by atoms with van der Waals surface area (Å²) in [4.78, 5) is 0. The number of rotatable bonds is 2. The Bertz CT molecular complexity index is 326. The molecule has 2 heterocycles. The molecule has 0 amide bonds. The Hall–Kier alpha value is 0.160. The molecular formula is C10H19ClN2O2S. The lowest BCUT2D eigenvalue weighted by atomic mass is 10.2. The Balaban J connectivity index is 2.05. The molecule has 94 valence electrons. The maximum atomic E-state index is 12.3. The van der Waals surface area contributed by atoms with Crippen LogP contribution in [0.25, 0.3) is 0 Å². The lowest BCUT2D eigenvalue weighted by molar-refractivity contribution is 0.367. The van der Waals surface area contributed by atoms with Crippen molar-refractivity contribution in [3.8, 4) is 0 Å². The van der Waals surface area contributed by atoms with Crippen LogP contribution in [0.2, 0.25) is 0 Å². The van der Waals surface area contributed by atoms with Crippen LogP contribution in [0, 0.1) is 0 Å². The van der Waals surface area contributed by atoms with E-state index in [1.165, 1.54) is 4.31 Å². The number of hydrogen-bond acceptors (Lipinski definition) is 2. The Morgan fingerprint density at radius 3 is 2.06 bits per heavy atom. The van der Waals surface area contributed by atoms with Crippen LogP contribution in [-0.2, 0) is 10.2 Å². The van der Waals surface area contributed by atoms with Crippen LogP contribution in [0.5, 0.6) is 0 Å². The van der Waals surface area contributed by atoms with E-state index in [1.807, 2.05) is 0 Å². The van der Waals surface area contributed by atoms with Crippen LogP contribution in [0.4, 0.5) is 0 Å². The van der Waals surface area contributed by atoms with Crippen molar-refractivity contribution in [2.24, 2.45) is 0 Å². The van der Waals surface area contributed by atoms with Gasteiger partial charge in [0.25, 0.3) is 10.2 Å². The van der Waals surface area contributed by atoms with E-state index in [4.69, 9.17) is 11.6 Å². The average Bonchev–Trinajstić information content (AvgIpc) is 2.54. The van der Waals surface area contributed by atoms with Gasteiger partial charge in [0.05, 0.1) is 0 Å². The summed E-state index contributed by atoms with van der Waals surface area (Å²) in [5.41, 5.74) is 0. The fourth-order valence-electron chi connectivity index (χ4n) is 2.33. The maximum Gasteiger partial charge on any atom is 0.282 e. The molecule has 0 saturated carbocycles. The van der Waals surface area contributed by atoms with E-state index in [0.29, 0.717) is 26.2 Å². The van der Waals surface area contributed by atoms with Gasteiger partial charge in [0.1, 0.15) is 0 Å². The van der Waals surface area contributed by atoms with Gasteiger partial charge in [0.15, 0.2) is 0 Å². The Morgan fingerprint density at radius 1 is 0.938 bits per heavy atom. The molecule has 2 aliphatic rings. The molecular weight excluding hydrogens is 248 g/mol. The summed E-state index contributed by atoms with van der Waals surface area (Å²) in [6.07, 6.45) is 5.03. The predicted molar refractivity (Wildman–Crippen MR) is 64.8 cm³/mol. The Labute approximate surface area is 103 Å². The average molecular weight is 267 g/mol. The van der Waals surface area contributed by atoms with Crippen LogP contribution in [0.1, 0.15) is 32.1 Å². The van der Waals surface area contributed by atoms with E-state index in [0.717, 1.165) is 32.1 Å². The zero-order valence-electron chi connectivity index (χ0n) is 9.44. The number of nitrogens with zero attached hydrogens (tertiary/aromatic N) is 2. The van der Waals surface area contributed by atoms with Gasteiger partial charge < -0.3 is 0 Å². The summed E-state index contributed by atoms with van der Waals surface area (Å²) in [5, 5.41) is -0.0123. The van der Waals surface area contributed by atoms with Crippen molar-refractivity contribution in [1.29, 1.82) is 0 Å². The summed E-state index contributed by atoms with van der Waals surface area (Å²) in [7, 11) is -3.24. The normalized spacial score (nSPS) is 30.4. The summed E-state index contributed by atoms with van der Waals surface area (Å²) < 4.78 is 27.7. The van der Waals surface area contributed by atoms with Gasteiger partial charge in [-0.3, -0.25) is 0 Å². The summed E-state index contributed by atoms with van der Waals surface area (Å²) >= 11 is 5.96. The lowest BCUT2D eigenvalue weighted by Gasteiger charge is -2.25. The van der Waals surface area contributed by atoms with Gasteiger partial charge in [0, 0.05) is 31.6 Å². The van der Waals surface area contributed by atoms with Crippen LogP contribution in [-0.4, -0.2) is 48.6 Å². The van der Waals surface area contributed by atoms with Crippen molar-refractivity contribution in [3.63, 3.8) is 0 Å². The SMILES string of the molecule is O=S(=O)(N1CCCCCC1)N1CCC(Cl)C1. The largest absolute Gasteiger partial charge is 0.282 e. The minimum absolute atomic E-state index is 0.0123. The Kier molecular flexibility index (Phi) is 4.11. The highest BCUT2D eigenvalue weighted by molar-refractivity contribution is 7.86. The molecule has 0 aromatic rings. The molecule has 4 nitrogen and oxygen atoms in total. The third-order valence-corrected chi connectivity index (χ3v) is 5.67. The molecule has 2 fully saturated rings. The molecule has 0 aromatic carbocycles. The fraction of sp³-hybridized carbons (Fsp3) is 1.00. The molecule has 0 radical (unpaired) electrons. The molecule has 2 rings (SSSR count). The first-order valence-electron chi connectivity index (χ1n) is 6.00. The predicted octanol–water partition coefficient (Wildman–Crippen LogP) is 1.42. The van der Waals surface area contributed by atoms with E-state index in [1.54, 1.807) is 4.31 Å². The molecule has 0 N–H and O–H groups in total. The standard InChI is InChI=1S/C10H19ClN2O2S/c11-10-5-8-13(9-10)16(14,15)12-6-3-1-2-4-7-12/h10H,1-9H2. The van der Waals surface area contributed by atoms with Gasteiger partial charge in [-0.2, -0.15) is 17.0 Å². The first-order chi connectivity index (χ1) is 7.60. The zero-order valence-corrected chi connectivity index (χ0v) is 11.0. The van der Waals surface area contributed by atoms with Crippen LogP contribution >= 0.6 is 11.6 Å². The molecule has 0 aromatic heterocycles. The second-order valence-corrected chi connectivity index (χ2v) is 7.11. The molecule has 16 heavy (non-hydrogen) atoms. The third kappa shape index (κ3) is 2.70.